The molecule has 0 aliphatic carbocycles. The second kappa shape index (κ2) is 6.31. The summed E-state index contributed by atoms with van der Waals surface area (Å²) in [4.78, 5) is 0. The van der Waals surface area contributed by atoms with Gasteiger partial charge in [0.05, 0.1) is 0 Å². The maximum Gasteiger partial charge on any atom is 0.122 e. The molecule has 2 aromatic rings. The molecule has 0 saturated carbocycles. The maximum absolute atomic E-state index is 5.59. The van der Waals surface area contributed by atoms with Crippen molar-refractivity contribution in [1.82, 2.24) is 0 Å². The van der Waals surface area contributed by atoms with Gasteiger partial charge in [0.1, 0.15) is 24.7 Å². The van der Waals surface area contributed by atoms with Gasteiger partial charge in [0.25, 0.3) is 0 Å². The van der Waals surface area contributed by atoms with Crippen molar-refractivity contribution in [3.63, 3.8) is 0 Å². The van der Waals surface area contributed by atoms with Crippen molar-refractivity contribution in [2.45, 2.75) is 0 Å². The van der Waals surface area contributed by atoms with Crippen LogP contribution < -0.4 is 15.2 Å². The van der Waals surface area contributed by atoms with Crippen LogP contribution in [0, 0.1) is 0 Å². The molecular formula is C14H14BrNO2. The second-order valence-corrected chi connectivity index (χ2v) is 4.64. The lowest BCUT2D eigenvalue weighted by molar-refractivity contribution is 0.217. The molecule has 18 heavy (non-hydrogen) atoms. The Morgan fingerprint density at radius 3 is 2.22 bits per heavy atom. The van der Waals surface area contributed by atoms with Crippen LogP contribution in [0.2, 0.25) is 0 Å². The molecular weight excluding hydrogens is 294 g/mol. The average Bonchev–Trinajstić information content (AvgIpc) is 2.37. The van der Waals surface area contributed by atoms with Crippen molar-refractivity contribution >= 4 is 21.6 Å². The number of nitrogen functional groups attached to an aromatic ring is 1. The quantitative estimate of drug-likeness (QED) is 0.679. The van der Waals surface area contributed by atoms with E-state index in [0.717, 1.165) is 21.7 Å². The lowest BCUT2D eigenvalue weighted by Crippen LogP contribution is -2.08. The van der Waals surface area contributed by atoms with Crippen LogP contribution in [0.4, 0.5) is 5.69 Å². The standard InChI is InChI=1S/C14H14BrNO2/c15-11-2-1-3-14(10-11)18-9-8-17-13-6-4-12(16)5-7-13/h1-7,10H,8-9,16H2. The predicted molar refractivity (Wildman–Crippen MR) is 76.0 cm³/mol. The minimum atomic E-state index is 0.496. The van der Waals surface area contributed by atoms with Crippen LogP contribution in [-0.2, 0) is 0 Å². The molecule has 0 amide bonds. The average molecular weight is 308 g/mol. The molecule has 0 heterocycles. The third-order valence-electron chi connectivity index (χ3n) is 2.30. The highest BCUT2D eigenvalue weighted by atomic mass is 79.9. The van der Waals surface area contributed by atoms with Crippen LogP contribution in [0.3, 0.4) is 0 Å². The molecule has 0 atom stereocenters. The molecule has 0 aliphatic heterocycles. The first-order valence-electron chi connectivity index (χ1n) is 5.61. The normalized spacial score (nSPS) is 10.1. The Morgan fingerprint density at radius 2 is 1.56 bits per heavy atom. The van der Waals surface area contributed by atoms with Crippen molar-refractivity contribution in [2.75, 3.05) is 18.9 Å². The highest BCUT2D eigenvalue weighted by Crippen LogP contribution is 2.18. The highest BCUT2D eigenvalue weighted by molar-refractivity contribution is 9.10. The Bertz CT molecular complexity index is 499. The lowest BCUT2D eigenvalue weighted by Gasteiger charge is -2.08. The van der Waals surface area contributed by atoms with Crippen molar-refractivity contribution in [1.29, 1.82) is 0 Å². The van der Waals surface area contributed by atoms with Crippen LogP contribution in [-0.4, -0.2) is 13.2 Å². The van der Waals surface area contributed by atoms with Crippen molar-refractivity contribution < 1.29 is 9.47 Å². The van der Waals surface area contributed by atoms with Crippen LogP contribution in [0.1, 0.15) is 0 Å². The van der Waals surface area contributed by atoms with Gasteiger partial charge in [-0.2, -0.15) is 0 Å². The summed E-state index contributed by atoms with van der Waals surface area (Å²) < 4.78 is 12.1. The summed E-state index contributed by atoms with van der Waals surface area (Å²) in [5.41, 5.74) is 6.32. The molecule has 0 radical (unpaired) electrons. The fraction of sp³-hybridized carbons (Fsp3) is 0.143. The number of ether oxygens (including phenoxy) is 2. The Labute approximate surface area is 115 Å². The Balaban J connectivity index is 1.74. The third-order valence-corrected chi connectivity index (χ3v) is 2.79. The van der Waals surface area contributed by atoms with Gasteiger partial charge in [-0.25, -0.2) is 0 Å². The lowest BCUT2D eigenvalue weighted by atomic mass is 10.3. The molecule has 0 aromatic heterocycles. The van der Waals surface area contributed by atoms with Crippen LogP contribution >= 0.6 is 15.9 Å². The second-order valence-electron chi connectivity index (χ2n) is 3.72. The number of benzene rings is 2. The van der Waals surface area contributed by atoms with Gasteiger partial charge in [-0.05, 0) is 42.5 Å². The van der Waals surface area contributed by atoms with Gasteiger partial charge in [-0.1, -0.05) is 22.0 Å². The Morgan fingerprint density at radius 1 is 0.889 bits per heavy atom. The van der Waals surface area contributed by atoms with E-state index in [1.165, 1.54) is 0 Å². The molecule has 0 unspecified atom stereocenters. The van der Waals surface area contributed by atoms with E-state index >= 15 is 0 Å². The summed E-state index contributed by atoms with van der Waals surface area (Å²) in [7, 11) is 0. The highest BCUT2D eigenvalue weighted by Gasteiger charge is 1.96. The zero-order valence-electron chi connectivity index (χ0n) is 9.80. The first-order chi connectivity index (χ1) is 8.74. The number of hydrogen-bond donors (Lipinski definition) is 1. The molecule has 0 fully saturated rings. The maximum atomic E-state index is 5.59. The fourth-order valence-electron chi connectivity index (χ4n) is 1.44. The van der Waals surface area contributed by atoms with Gasteiger partial charge in [-0.3, -0.25) is 0 Å². The van der Waals surface area contributed by atoms with Gasteiger partial charge in [0.2, 0.25) is 0 Å². The van der Waals surface area contributed by atoms with Crippen LogP contribution in [0.15, 0.2) is 53.0 Å². The van der Waals surface area contributed by atoms with Crippen LogP contribution in [0.5, 0.6) is 11.5 Å². The smallest absolute Gasteiger partial charge is 0.122 e. The molecule has 2 N–H and O–H groups in total. The molecule has 4 heteroatoms. The van der Waals surface area contributed by atoms with Crippen LogP contribution in [0.25, 0.3) is 0 Å². The number of nitrogens with two attached hydrogens (primary N) is 1. The van der Waals surface area contributed by atoms with Gasteiger partial charge >= 0.3 is 0 Å². The fourth-order valence-corrected chi connectivity index (χ4v) is 1.82. The molecule has 0 spiro atoms. The minimum absolute atomic E-state index is 0.496. The van der Waals surface area contributed by atoms with Gasteiger partial charge < -0.3 is 15.2 Å². The van der Waals surface area contributed by atoms with Crippen molar-refractivity contribution in [3.8, 4) is 11.5 Å². The van der Waals surface area contributed by atoms with E-state index < -0.39 is 0 Å². The van der Waals surface area contributed by atoms with Gasteiger partial charge in [0, 0.05) is 10.2 Å². The molecule has 3 nitrogen and oxygen atoms in total. The van der Waals surface area contributed by atoms with E-state index in [1.807, 2.05) is 48.5 Å². The largest absolute Gasteiger partial charge is 0.490 e. The third kappa shape index (κ3) is 3.96. The van der Waals surface area contributed by atoms with E-state index in [4.69, 9.17) is 15.2 Å². The molecule has 0 bridgehead atoms. The zero-order valence-corrected chi connectivity index (χ0v) is 11.4. The first-order valence-corrected chi connectivity index (χ1v) is 6.40. The van der Waals surface area contributed by atoms with Gasteiger partial charge in [0.15, 0.2) is 0 Å². The number of halogens is 1. The monoisotopic (exact) mass is 307 g/mol. The van der Waals surface area contributed by atoms with Crippen molar-refractivity contribution in [3.05, 3.63) is 53.0 Å². The number of rotatable bonds is 5. The Hall–Kier alpha value is -1.68. The molecule has 94 valence electrons. The summed E-state index contributed by atoms with van der Waals surface area (Å²) in [5, 5.41) is 0. The number of anilines is 1. The van der Waals surface area contributed by atoms with E-state index in [1.54, 1.807) is 0 Å². The summed E-state index contributed by atoms with van der Waals surface area (Å²) in [6.45, 7) is 0.997. The summed E-state index contributed by atoms with van der Waals surface area (Å²) in [6.07, 6.45) is 0. The molecule has 2 aromatic carbocycles. The van der Waals surface area contributed by atoms with E-state index in [0.29, 0.717) is 13.2 Å². The summed E-state index contributed by atoms with van der Waals surface area (Å²) >= 11 is 3.39. The molecule has 0 aliphatic rings. The number of hydrogen-bond acceptors (Lipinski definition) is 3. The van der Waals surface area contributed by atoms with E-state index in [2.05, 4.69) is 15.9 Å². The molecule has 0 saturated heterocycles. The van der Waals surface area contributed by atoms with E-state index in [-0.39, 0.29) is 0 Å². The zero-order chi connectivity index (χ0) is 12.8. The summed E-state index contributed by atoms with van der Waals surface area (Å²) in [6, 6.07) is 15.0. The van der Waals surface area contributed by atoms with E-state index in [9.17, 15) is 0 Å². The minimum Gasteiger partial charge on any atom is -0.490 e. The predicted octanol–water partition coefficient (Wildman–Crippen LogP) is 3.49. The topological polar surface area (TPSA) is 44.5 Å². The first kappa shape index (κ1) is 12.8. The molecule has 2 rings (SSSR count). The summed E-state index contributed by atoms with van der Waals surface area (Å²) in [5.74, 6) is 1.62. The Kier molecular flexibility index (Phi) is 4.47. The SMILES string of the molecule is Nc1ccc(OCCOc2cccc(Br)c2)cc1. The van der Waals surface area contributed by atoms with Gasteiger partial charge in [-0.15, -0.1) is 0 Å². The van der Waals surface area contributed by atoms with Crippen molar-refractivity contribution in [2.24, 2.45) is 0 Å².